The fraction of sp³-hybridized carbons (Fsp3) is 1.00. The van der Waals surface area contributed by atoms with Crippen LogP contribution in [0.2, 0.25) is 0 Å². The zero-order chi connectivity index (χ0) is 5.28. The normalized spacial score (nSPS) is 40.3. The summed E-state index contributed by atoms with van der Waals surface area (Å²) >= 11 is 0. The fourth-order valence-corrected chi connectivity index (χ4v) is 0.819. The molecule has 0 saturated heterocycles. The third kappa shape index (κ3) is 0.763. The van der Waals surface area contributed by atoms with Gasteiger partial charge in [-0.05, 0) is 19.9 Å². The molecule has 7 heavy (non-hydrogen) atoms. The summed E-state index contributed by atoms with van der Waals surface area (Å²) < 4.78 is 0. The van der Waals surface area contributed by atoms with Crippen LogP contribution >= 0.6 is 0 Å². The van der Waals surface area contributed by atoms with Gasteiger partial charge in [0.25, 0.3) is 0 Å². The van der Waals surface area contributed by atoms with Crippen molar-refractivity contribution in [1.82, 2.24) is 5.32 Å². The standard InChI is InChI=1S/C5H11NO/c1-6-4-2-3-5(4)7/h4-7H,2-3H2,1H3/t4-,5+/m1/s1. The van der Waals surface area contributed by atoms with E-state index in [1.807, 2.05) is 7.05 Å². The molecule has 2 heteroatoms. The number of aliphatic hydroxyl groups excluding tert-OH is 1. The zero-order valence-corrected chi connectivity index (χ0v) is 4.52. The summed E-state index contributed by atoms with van der Waals surface area (Å²) in [4.78, 5) is 0. The van der Waals surface area contributed by atoms with E-state index in [9.17, 15) is 0 Å². The summed E-state index contributed by atoms with van der Waals surface area (Å²) in [6.45, 7) is 0. The van der Waals surface area contributed by atoms with Crippen LogP contribution in [0.25, 0.3) is 0 Å². The first-order valence-corrected chi connectivity index (χ1v) is 2.70. The van der Waals surface area contributed by atoms with Crippen molar-refractivity contribution >= 4 is 0 Å². The molecule has 0 bridgehead atoms. The molecule has 0 unspecified atom stereocenters. The van der Waals surface area contributed by atoms with E-state index in [1.54, 1.807) is 0 Å². The maximum Gasteiger partial charge on any atom is 0.0693 e. The molecule has 1 fully saturated rings. The molecule has 2 atom stereocenters. The quantitative estimate of drug-likeness (QED) is 0.476. The molecule has 0 aromatic carbocycles. The summed E-state index contributed by atoms with van der Waals surface area (Å²) in [5.74, 6) is 0. The molecular formula is C5H11NO. The zero-order valence-electron chi connectivity index (χ0n) is 4.52. The molecule has 0 spiro atoms. The lowest BCUT2D eigenvalue weighted by Crippen LogP contribution is -2.45. The number of hydrogen-bond acceptors (Lipinski definition) is 2. The van der Waals surface area contributed by atoms with Gasteiger partial charge in [-0.3, -0.25) is 0 Å². The molecule has 0 aromatic heterocycles. The average Bonchev–Trinajstić information content (AvgIpc) is 1.65. The third-order valence-corrected chi connectivity index (χ3v) is 1.61. The predicted octanol–water partition coefficient (Wildman–Crippen LogP) is -0.271. The Labute approximate surface area is 43.5 Å². The number of likely N-dealkylation sites (N-methyl/N-ethyl adjacent to an activating group) is 1. The largest absolute Gasteiger partial charge is 0.392 e. The monoisotopic (exact) mass is 101 g/mol. The van der Waals surface area contributed by atoms with Gasteiger partial charge in [0.2, 0.25) is 0 Å². The molecule has 1 rings (SSSR count). The maximum atomic E-state index is 8.85. The van der Waals surface area contributed by atoms with Crippen LogP contribution in [0.5, 0.6) is 0 Å². The first-order valence-electron chi connectivity index (χ1n) is 2.70. The lowest BCUT2D eigenvalue weighted by Gasteiger charge is -2.31. The van der Waals surface area contributed by atoms with Crippen LogP contribution in [-0.4, -0.2) is 24.3 Å². The van der Waals surface area contributed by atoms with Crippen LogP contribution in [0.15, 0.2) is 0 Å². The molecule has 0 radical (unpaired) electrons. The lowest BCUT2D eigenvalue weighted by atomic mass is 9.90. The molecule has 1 aliphatic carbocycles. The second-order valence-electron chi connectivity index (χ2n) is 2.04. The minimum atomic E-state index is -0.0648. The lowest BCUT2D eigenvalue weighted by molar-refractivity contribution is 0.0541. The van der Waals surface area contributed by atoms with Gasteiger partial charge in [-0.15, -0.1) is 0 Å². The number of hydrogen-bond donors (Lipinski definition) is 2. The summed E-state index contributed by atoms with van der Waals surface area (Å²) in [5.41, 5.74) is 0. The number of nitrogens with one attached hydrogen (secondary N) is 1. The molecule has 1 aliphatic rings. The van der Waals surface area contributed by atoms with Crippen molar-refractivity contribution < 1.29 is 5.11 Å². The molecule has 2 nitrogen and oxygen atoms in total. The van der Waals surface area contributed by atoms with Crippen molar-refractivity contribution in [3.8, 4) is 0 Å². The van der Waals surface area contributed by atoms with Crippen molar-refractivity contribution in [2.45, 2.75) is 25.0 Å². The second kappa shape index (κ2) is 1.80. The summed E-state index contributed by atoms with van der Waals surface area (Å²) in [7, 11) is 1.88. The van der Waals surface area contributed by atoms with E-state index >= 15 is 0 Å². The molecule has 0 heterocycles. The Hall–Kier alpha value is -0.0800. The molecule has 0 aromatic rings. The van der Waals surface area contributed by atoms with Crippen molar-refractivity contribution in [3.05, 3.63) is 0 Å². The minimum Gasteiger partial charge on any atom is -0.392 e. The number of aliphatic hydroxyl groups is 1. The maximum absolute atomic E-state index is 8.85. The van der Waals surface area contributed by atoms with Crippen LogP contribution in [0.3, 0.4) is 0 Å². The Kier molecular flexibility index (Phi) is 1.30. The first-order chi connectivity index (χ1) is 3.34. The predicted molar refractivity (Wildman–Crippen MR) is 28.1 cm³/mol. The van der Waals surface area contributed by atoms with Gasteiger partial charge < -0.3 is 10.4 Å². The Balaban J connectivity index is 2.16. The van der Waals surface area contributed by atoms with E-state index in [0.717, 1.165) is 12.8 Å². The summed E-state index contributed by atoms with van der Waals surface area (Å²) in [6, 6.07) is 0.389. The molecule has 0 aliphatic heterocycles. The van der Waals surface area contributed by atoms with Gasteiger partial charge in [0.1, 0.15) is 0 Å². The highest BCUT2D eigenvalue weighted by molar-refractivity contribution is 4.84. The average molecular weight is 101 g/mol. The second-order valence-corrected chi connectivity index (χ2v) is 2.04. The SMILES string of the molecule is CN[C@@H]1CC[C@@H]1O. The smallest absolute Gasteiger partial charge is 0.0693 e. The van der Waals surface area contributed by atoms with Crippen molar-refractivity contribution in [2.24, 2.45) is 0 Å². The summed E-state index contributed by atoms with van der Waals surface area (Å²) in [6.07, 6.45) is 2.05. The van der Waals surface area contributed by atoms with E-state index in [2.05, 4.69) is 5.32 Å². The van der Waals surface area contributed by atoms with Gasteiger partial charge in [-0.25, -0.2) is 0 Å². The van der Waals surface area contributed by atoms with E-state index in [-0.39, 0.29) is 6.10 Å². The van der Waals surface area contributed by atoms with Crippen molar-refractivity contribution in [3.63, 3.8) is 0 Å². The highest BCUT2D eigenvalue weighted by Gasteiger charge is 2.26. The topological polar surface area (TPSA) is 32.3 Å². The third-order valence-electron chi connectivity index (χ3n) is 1.61. The highest BCUT2D eigenvalue weighted by atomic mass is 16.3. The van der Waals surface area contributed by atoms with Crippen LogP contribution < -0.4 is 5.32 Å². The van der Waals surface area contributed by atoms with E-state index in [0.29, 0.717) is 6.04 Å². The Morgan fingerprint density at radius 3 is 2.29 bits per heavy atom. The molecular weight excluding hydrogens is 90.1 g/mol. The summed E-state index contributed by atoms with van der Waals surface area (Å²) in [5, 5.41) is 11.8. The van der Waals surface area contributed by atoms with Crippen LogP contribution in [0.1, 0.15) is 12.8 Å². The highest BCUT2D eigenvalue weighted by Crippen LogP contribution is 2.18. The van der Waals surface area contributed by atoms with E-state index < -0.39 is 0 Å². The van der Waals surface area contributed by atoms with Crippen molar-refractivity contribution in [2.75, 3.05) is 7.05 Å². The van der Waals surface area contributed by atoms with Gasteiger partial charge in [0.05, 0.1) is 6.10 Å². The Morgan fingerprint density at radius 2 is 2.29 bits per heavy atom. The van der Waals surface area contributed by atoms with Gasteiger partial charge in [0.15, 0.2) is 0 Å². The van der Waals surface area contributed by atoms with Crippen LogP contribution in [0.4, 0.5) is 0 Å². The fourth-order valence-electron chi connectivity index (χ4n) is 0.819. The van der Waals surface area contributed by atoms with Crippen molar-refractivity contribution in [1.29, 1.82) is 0 Å². The Bertz CT molecular complexity index is 63.1. The van der Waals surface area contributed by atoms with E-state index in [1.165, 1.54) is 0 Å². The molecule has 42 valence electrons. The van der Waals surface area contributed by atoms with Gasteiger partial charge in [0, 0.05) is 6.04 Å². The first kappa shape index (κ1) is 5.06. The van der Waals surface area contributed by atoms with E-state index in [4.69, 9.17) is 5.11 Å². The van der Waals surface area contributed by atoms with Gasteiger partial charge in [-0.2, -0.15) is 0 Å². The Morgan fingerprint density at radius 1 is 1.57 bits per heavy atom. The van der Waals surface area contributed by atoms with Gasteiger partial charge >= 0.3 is 0 Å². The molecule has 1 saturated carbocycles. The molecule has 2 N–H and O–H groups in total. The van der Waals surface area contributed by atoms with Crippen LogP contribution in [-0.2, 0) is 0 Å². The van der Waals surface area contributed by atoms with Crippen LogP contribution in [0, 0.1) is 0 Å². The van der Waals surface area contributed by atoms with Gasteiger partial charge in [-0.1, -0.05) is 0 Å². The minimum absolute atomic E-state index is 0.0648. The molecule has 0 amide bonds. The number of rotatable bonds is 1.